The van der Waals surface area contributed by atoms with E-state index in [1.165, 1.54) is 6.26 Å². The van der Waals surface area contributed by atoms with Crippen molar-refractivity contribution in [3.63, 3.8) is 0 Å². The molecule has 0 aromatic carbocycles. The molecule has 0 radical (unpaired) electrons. The predicted molar refractivity (Wildman–Crippen MR) is 96.9 cm³/mol. The molecule has 0 spiro atoms. The molecule has 0 bridgehead atoms. The van der Waals surface area contributed by atoms with Crippen LogP contribution in [-0.4, -0.2) is 62.6 Å². The summed E-state index contributed by atoms with van der Waals surface area (Å²) in [5, 5.41) is 8.19. The van der Waals surface area contributed by atoms with E-state index >= 15 is 0 Å². The van der Waals surface area contributed by atoms with Gasteiger partial charge in [-0.15, -0.1) is 10.2 Å². The Hall–Kier alpha value is -2.64. The van der Waals surface area contributed by atoms with Crippen molar-refractivity contribution in [3.05, 3.63) is 36.3 Å². The summed E-state index contributed by atoms with van der Waals surface area (Å²) in [6.07, 6.45) is 6.85. The number of hydrogen-bond donors (Lipinski definition) is 0. The Labute approximate surface area is 158 Å². The van der Waals surface area contributed by atoms with Crippen LogP contribution in [0.3, 0.4) is 0 Å². The molecule has 8 heteroatoms. The highest BCUT2D eigenvalue weighted by molar-refractivity contribution is 5.92. The van der Waals surface area contributed by atoms with E-state index in [1.54, 1.807) is 23.4 Å². The van der Waals surface area contributed by atoms with Gasteiger partial charge >= 0.3 is 0 Å². The third-order valence-corrected chi connectivity index (χ3v) is 5.63. The first-order chi connectivity index (χ1) is 13.1. The monoisotopic (exact) mass is 371 g/mol. The van der Waals surface area contributed by atoms with E-state index in [9.17, 15) is 9.59 Å². The number of nitrogens with zero attached hydrogens (tertiary/aromatic N) is 5. The largest absolute Gasteiger partial charge is 0.459 e. The molecule has 2 saturated heterocycles. The fourth-order valence-corrected chi connectivity index (χ4v) is 4.23. The zero-order chi connectivity index (χ0) is 18.8. The van der Waals surface area contributed by atoms with Gasteiger partial charge in [0.1, 0.15) is 12.2 Å². The molecule has 2 unspecified atom stereocenters. The van der Waals surface area contributed by atoms with Crippen molar-refractivity contribution in [1.29, 1.82) is 0 Å². The van der Waals surface area contributed by atoms with Crippen molar-refractivity contribution in [2.45, 2.75) is 31.6 Å². The van der Waals surface area contributed by atoms with Gasteiger partial charge in [0.25, 0.3) is 5.91 Å². The third kappa shape index (κ3) is 3.61. The molecule has 8 nitrogen and oxygen atoms in total. The van der Waals surface area contributed by atoms with Gasteiger partial charge in [0.15, 0.2) is 5.76 Å². The van der Waals surface area contributed by atoms with Crippen LogP contribution >= 0.6 is 0 Å². The van der Waals surface area contributed by atoms with Crippen LogP contribution in [-0.2, 0) is 11.8 Å². The average molecular weight is 371 g/mol. The van der Waals surface area contributed by atoms with Crippen molar-refractivity contribution in [1.82, 2.24) is 24.6 Å². The van der Waals surface area contributed by atoms with Crippen molar-refractivity contribution in [3.8, 4) is 0 Å². The van der Waals surface area contributed by atoms with Crippen LogP contribution in [0.5, 0.6) is 0 Å². The molecular formula is C19H25N5O3. The molecule has 4 heterocycles. The van der Waals surface area contributed by atoms with Gasteiger partial charge in [-0.3, -0.25) is 9.59 Å². The molecule has 2 aliphatic heterocycles. The second kappa shape index (κ2) is 7.54. The number of aromatic nitrogens is 3. The molecule has 0 saturated carbocycles. The second-order valence-corrected chi connectivity index (χ2v) is 7.49. The number of furan rings is 1. The number of likely N-dealkylation sites (tertiary alicyclic amines) is 2. The Bertz CT molecular complexity index is 800. The number of carbonyl (C=O) groups excluding carboxylic acids is 2. The molecule has 2 atom stereocenters. The van der Waals surface area contributed by atoms with Gasteiger partial charge in [0.2, 0.25) is 5.91 Å². The molecule has 2 amide bonds. The number of amides is 2. The Morgan fingerprint density at radius 1 is 1.15 bits per heavy atom. The summed E-state index contributed by atoms with van der Waals surface area (Å²) in [7, 11) is 1.94. The van der Waals surface area contributed by atoms with Crippen LogP contribution < -0.4 is 0 Å². The Morgan fingerprint density at radius 3 is 2.70 bits per heavy atom. The van der Waals surface area contributed by atoms with E-state index in [4.69, 9.17) is 4.42 Å². The van der Waals surface area contributed by atoms with Crippen LogP contribution in [0.25, 0.3) is 0 Å². The number of aryl methyl sites for hydroxylation is 1. The van der Waals surface area contributed by atoms with Gasteiger partial charge in [-0.05, 0) is 37.8 Å². The maximum atomic E-state index is 13.1. The van der Waals surface area contributed by atoms with Gasteiger partial charge in [-0.25, -0.2) is 0 Å². The molecule has 2 aliphatic rings. The summed E-state index contributed by atoms with van der Waals surface area (Å²) in [5.74, 6) is 1.37. The minimum atomic E-state index is -0.143. The van der Waals surface area contributed by atoms with Gasteiger partial charge < -0.3 is 18.8 Å². The van der Waals surface area contributed by atoms with E-state index < -0.39 is 0 Å². The first kappa shape index (κ1) is 17.8. The van der Waals surface area contributed by atoms with Gasteiger partial charge in [0, 0.05) is 39.1 Å². The molecule has 2 aromatic heterocycles. The van der Waals surface area contributed by atoms with Crippen LogP contribution in [0.1, 0.15) is 48.0 Å². The highest BCUT2D eigenvalue weighted by Crippen LogP contribution is 2.28. The van der Waals surface area contributed by atoms with Gasteiger partial charge in [-0.2, -0.15) is 0 Å². The summed E-state index contributed by atoms with van der Waals surface area (Å²) in [6.45, 7) is 2.58. The maximum Gasteiger partial charge on any atom is 0.289 e. The summed E-state index contributed by atoms with van der Waals surface area (Å²) in [5.41, 5.74) is 0. The molecule has 2 fully saturated rings. The van der Waals surface area contributed by atoms with Crippen LogP contribution in [0.2, 0.25) is 0 Å². The lowest BCUT2D eigenvalue weighted by molar-refractivity contribution is -0.138. The Kier molecular flexibility index (Phi) is 4.96. The topological polar surface area (TPSA) is 84.5 Å². The zero-order valence-corrected chi connectivity index (χ0v) is 15.6. The lowest BCUT2D eigenvalue weighted by atomic mass is 9.92. The summed E-state index contributed by atoms with van der Waals surface area (Å²) in [6, 6.07) is 3.38. The number of carbonyl (C=O) groups is 2. The van der Waals surface area contributed by atoms with Crippen molar-refractivity contribution in [2.24, 2.45) is 13.0 Å². The van der Waals surface area contributed by atoms with Crippen LogP contribution in [0, 0.1) is 5.92 Å². The van der Waals surface area contributed by atoms with Crippen molar-refractivity contribution >= 4 is 11.8 Å². The maximum absolute atomic E-state index is 13.1. The lowest BCUT2D eigenvalue weighted by Gasteiger charge is -2.37. The SMILES string of the molecule is Cn1cnnc1C1CCCN(C(=O)C2CCCN(C(=O)c3ccco3)C2)C1. The molecule has 4 rings (SSSR count). The summed E-state index contributed by atoms with van der Waals surface area (Å²) in [4.78, 5) is 29.4. The summed E-state index contributed by atoms with van der Waals surface area (Å²) >= 11 is 0. The van der Waals surface area contributed by atoms with Crippen molar-refractivity contribution in [2.75, 3.05) is 26.2 Å². The third-order valence-electron chi connectivity index (χ3n) is 5.63. The smallest absolute Gasteiger partial charge is 0.289 e. The standard InChI is InChI=1S/C19H25N5O3/c1-22-13-20-21-17(22)14-5-2-8-23(11-14)18(25)15-6-3-9-24(12-15)19(26)16-7-4-10-27-16/h4,7,10,13-15H,2-3,5-6,8-9,11-12H2,1H3. The van der Waals surface area contributed by atoms with Crippen LogP contribution in [0.15, 0.2) is 29.1 Å². The second-order valence-electron chi connectivity index (χ2n) is 7.49. The Morgan fingerprint density at radius 2 is 1.96 bits per heavy atom. The van der Waals surface area contributed by atoms with E-state index in [-0.39, 0.29) is 23.7 Å². The number of hydrogen-bond acceptors (Lipinski definition) is 5. The van der Waals surface area contributed by atoms with Crippen LogP contribution in [0.4, 0.5) is 0 Å². The number of rotatable bonds is 3. The van der Waals surface area contributed by atoms with Crippen molar-refractivity contribution < 1.29 is 14.0 Å². The highest BCUT2D eigenvalue weighted by Gasteiger charge is 2.35. The minimum absolute atomic E-state index is 0.131. The highest BCUT2D eigenvalue weighted by atomic mass is 16.3. The van der Waals surface area contributed by atoms with Gasteiger partial charge in [-0.1, -0.05) is 0 Å². The molecule has 27 heavy (non-hydrogen) atoms. The first-order valence-corrected chi connectivity index (χ1v) is 9.59. The molecule has 0 aliphatic carbocycles. The lowest BCUT2D eigenvalue weighted by Crippen LogP contribution is -2.49. The molecule has 0 N–H and O–H groups in total. The summed E-state index contributed by atoms with van der Waals surface area (Å²) < 4.78 is 7.16. The molecule has 144 valence electrons. The fourth-order valence-electron chi connectivity index (χ4n) is 4.23. The predicted octanol–water partition coefficient (Wildman–Crippen LogP) is 1.67. The molecule has 2 aromatic rings. The quantitative estimate of drug-likeness (QED) is 0.819. The number of piperidine rings is 2. The molecular weight excluding hydrogens is 346 g/mol. The first-order valence-electron chi connectivity index (χ1n) is 9.59. The normalized spacial score (nSPS) is 23.4. The average Bonchev–Trinajstić information content (AvgIpc) is 3.39. The van der Waals surface area contributed by atoms with E-state index in [1.807, 2.05) is 16.5 Å². The van der Waals surface area contributed by atoms with E-state index in [0.29, 0.717) is 25.4 Å². The fraction of sp³-hybridized carbons (Fsp3) is 0.579. The minimum Gasteiger partial charge on any atom is -0.459 e. The van der Waals surface area contributed by atoms with E-state index in [2.05, 4.69) is 10.2 Å². The zero-order valence-electron chi connectivity index (χ0n) is 15.6. The van der Waals surface area contributed by atoms with E-state index in [0.717, 1.165) is 38.1 Å². The van der Waals surface area contributed by atoms with Gasteiger partial charge in [0.05, 0.1) is 12.2 Å². The Balaban J connectivity index is 1.41.